The van der Waals surface area contributed by atoms with Gasteiger partial charge in [-0.25, -0.2) is 12.8 Å². The van der Waals surface area contributed by atoms with Gasteiger partial charge in [-0.2, -0.15) is 0 Å². The summed E-state index contributed by atoms with van der Waals surface area (Å²) in [6, 6.07) is 2.81. The maximum atomic E-state index is 13.9. The normalized spacial score (nSPS) is 11.4. The lowest BCUT2D eigenvalue weighted by Crippen LogP contribution is -2.37. The number of halogens is 2. The summed E-state index contributed by atoms with van der Waals surface area (Å²) >= 11 is 0. The maximum absolute atomic E-state index is 13.9. The lowest BCUT2D eigenvalue weighted by molar-refractivity contribution is 0.0724. The molecule has 1 aromatic carbocycles. The van der Waals surface area contributed by atoms with Crippen LogP contribution in [0.5, 0.6) is 0 Å². The van der Waals surface area contributed by atoms with Crippen LogP contribution in [0.2, 0.25) is 0 Å². The smallest absolute Gasteiger partial charge is 0.261 e. The quantitative estimate of drug-likeness (QED) is 0.619. The maximum Gasteiger partial charge on any atom is 0.261 e. The van der Waals surface area contributed by atoms with Crippen molar-refractivity contribution in [2.45, 2.75) is 24.8 Å². The molecule has 110 valence electrons. The van der Waals surface area contributed by atoms with Gasteiger partial charge in [-0.05, 0) is 32.0 Å². The lowest BCUT2D eigenvalue weighted by Gasteiger charge is -2.25. The van der Waals surface area contributed by atoms with E-state index in [1.807, 2.05) is 0 Å². The van der Waals surface area contributed by atoms with Gasteiger partial charge in [-0.15, -0.1) is 6.58 Å². The van der Waals surface area contributed by atoms with Gasteiger partial charge in [-0.3, -0.25) is 4.79 Å². The summed E-state index contributed by atoms with van der Waals surface area (Å²) in [5, 5.41) is 0. The summed E-state index contributed by atoms with van der Waals surface area (Å²) in [5.74, 6) is -1.46. The molecule has 0 aromatic heterocycles. The summed E-state index contributed by atoms with van der Waals surface area (Å²) in [5.41, 5.74) is -0.204. The molecule has 0 N–H and O–H groups in total. The van der Waals surface area contributed by atoms with Crippen molar-refractivity contribution < 1.29 is 17.6 Å². The van der Waals surface area contributed by atoms with Crippen molar-refractivity contribution in [3.8, 4) is 0 Å². The summed E-state index contributed by atoms with van der Waals surface area (Å²) in [7, 11) is 1.10. The first-order valence-electron chi connectivity index (χ1n) is 5.84. The highest BCUT2D eigenvalue weighted by molar-refractivity contribution is 8.13. The highest BCUT2D eigenvalue weighted by Gasteiger charge is 2.22. The molecule has 0 spiro atoms. The minimum absolute atomic E-state index is 0.142. The van der Waals surface area contributed by atoms with Crippen LogP contribution in [0.3, 0.4) is 0 Å². The monoisotopic (exact) mass is 319 g/mol. The molecular formula is C13H15ClFNO3S. The Morgan fingerprint density at radius 3 is 2.50 bits per heavy atom. The predicted molar refractivity (Wildman–Crippen MR) is 75.8 cm³/mol. The van der Waals surface area contributed by atoms with Gasteiger partial charge >= 0.3 is 0 Å². The first kappa shape index (κ1) is 16.7. The van der Waals surface area contributed by atoms with E-state index in [0.29, 0.717) is 0 Å². The van der Waals surface area contributed by atoms with Crippen LogP contribution in [-0.2, 0) is 9.05 Å². The van der Waals surface area contributed by atoms with Crippen molar-refractivity contribution in [3.05, 3.63) is 42.2 Å². The molecule has 0 bridgehead atoms. The number of carbonyl (C=O) groups is 1. The van der Waals surface area contributed by atoms with E-state index < -0.39 is 20.8 Å². The summed E-state index contributed by atoms with van der Waals surface area (Å²) < 4.78 is 36.1. The minimum Gasteiger partial charge on any atom is -0.332 e. The zero-order valence-electron chi connectivity index (χ0n) is 11.1. The van der Waals surface area contributed by atoms with E-state index in [2.05, 4.69) is 6.58 Å². The van der Waals surface area contributed by atoms with E-state index in [9.17, 15) is 17.6 Å². The number of benzene rings is 1. The van der Waals surface area contributed by atoms with Gasteiger partial charge in [0.1, 0.15) is 5.82 Å². The SMILES string of the molecule is C=CCN(C(=O)c1ccc(S(=O)(=O)Cl)cc1F)C(C)C. The second kappa shape index (κ2) is 6.37. The second-order valence-corrected chi connectivity index (χ2v) is 6.99. The van der Waals surface area contributed by atoms with Crippen LogP contribution in [-0.4, -0.2) is 31.8 Å². The van der Waals surface area contributed by atoms with Crippen LogP contribution < -0.4 is 0 Å². The molecule has 1 rings (SSSR count). The zero-order chi connectivity index (χ0) is 15.5. The third-order valence-electron chi connectivity index (χ3n) is 2.66. The Morgan fingerprint density at radius 2 is 2.10 bits per heavy atom. The van der Waals surface area contributed by atoms with Gasteiger partial charge in [0.05, 0.1) is 10.5 Å². The Labute approximate surface area is 122 Å². The molecule has 0 fully saturated rings. The molecule has 0 heterocycles. The average Bonchev–Trinajstić information content (AvgIpc) is 2.33. The van der Waals surface area contributed by atoms with Crippen LogP contribution in [0.15, 0.2) is 35.7 Å². The molecule has 7 heteroatoms. The molecule has 4 nitrogen and oxygen atoms in total. The molecule has 1 aromatic rings. The van der Waals surface area contributed by atoms with E-state index in [1.165, 1.54) is 11.0 Å². The molecular weight excluding hydrogens is 305 g/mol. The third kappa shape index (κ3) is 3.80. The van der Waals surface area contributed by atoms with Crippen LogP contribution in [0, 0.1) is 5.82 Å². The van der Waals surface area contributed by atoms with E-state index in [1.54, 1.807) is 13.8 Å². The van der Waals surface area contributed by atoms with E-state index in [-0.39, 0.29) is 23.0 Å². The Kier molecular flexibility index (Phi) is 5.30. The van der Waals surface area contributed by atoms with Crippen molar-refractivity contribution >= 4 is 25.6 Å². The molecule has 20 heavy (non-hydrogen) atoms. The average molecular weight is 320 g/mol. The van der Waals surface area contributed by atoms with E-state index in [0.717, 1.165) is 18.2 Å². The van der Waals surface area contributed by atoms with Crippen molar-refractivity contribution in [2.24, 2.45) is 0 Å². The number of nitrogens with zero attached hydrogens (tertiary/aromatic N) is 1. The number of hydrogen-bond donors (Lipinski definition) is 0. The van der Waals surface area contributed by atoms with Gasteiger partial charge in [0.25, 0.3) is 15.0 Å². The fraction of sp³-hybridized carbons (Fsp3) is 0.308. The first-order chi connectivity index (χ1) is 9.18. The zero-order valence-corrected chi connectivity index (χ0v) is 12.7. The van der Waals surface area contributed by atoms with E-state index in [4.69, 9.17) is 10.7 Å². The van der Waals surface area contributed by atoms with Crippen LogP contribution in [0.4, 0.5) is 4.39 Å². The highest BCUT2D eigenvalue weighted by atomic mass is 35.7. The molecule has 1 amide bonds. The summed E-state index contributed by atoms with van der Waals surface area (Å²) in [6.07, 6.45) is 1.54. The molecule has 0 atom stereocenters. The third-order valence-corrected chi connectivity index (χ3v) is 4.01. The fourth-order valence-electron chi connectivity index (χ4n) is 1.64. The first-order valence-corrected chi connectivity index (χ1v) is 8.15. The molecule has 0 unspecified atom stereocenters. The standard InChI is InChI=1S/C13H15ClFNO3S/c1-4-7-16(9(2)3)13(17)11-6-5-10(8-12(11)15)20(14,18)19/h4-6,8-9H,1,7H2,2-3H3. The Hall–Kier alpha value is -1.40. The van der Waals surface area contributed by atoms with E-state index >= 15 is 0 Å². The van der Waals surface area contributed by atoms with Gasteiger partial charge in [0, 0.05) is 23.3 Å². The molecule has 0 aliphatic rings. The van der Waals surface area contributed by atoms with Crippen LogP contribution in [0.25, 0.3) is 0 Å². The molecule has 0 radical (unpaired) electrons. The van der Waals surface area contributed by atoms with Crippen molar-refractivity contribution in [1.82, 2.24) is 4.90 Å². The second-order valence-electron chi connectivity index (χ2n) is 4.42. The number of hydrogen-bond acceptors (Lipinski definition) is 3. The fourth-order valence-corrected chi connectivity index (χ4v) is 2.41. The van der Waals surface area contributed by atoms with Crippen molar-refractivity contribution in [2.75, 3.05) is 6.54 Å². The number of amides is 1. The number of rotatable bonds is 5. The van der Waals surface area contributed by atoms with Crippen LogP contribution in [0.1, 0.15) is 24.2 Å². The molecule has 0 saturated heterocycles. The van der Waals surface area contributed by atoms with Gasteiger partial charge in [0.2, 0.25) is 0 Å². The molecule has 0 aliphatic heterocycles. The largest absolute Gasteiger partial charge is 0.332 e. The summed E-state index contributed by atoms with van der Waals surface area (Å²) in [6.45, 7) is 7.39. The Balaban J connectivity index is 3.20. The van der Waals surface area contributed by atoms with Crippen molar-refractivity contribution in [3.63, 3.8) is 0 Å². The predicted octanol–water partition coefficient (Wildman–Crippen LogP) is 2.79. The van der Waals surface area contributed by atoms with Gasteiger partial charge in [-0.1, -0.05) is 6.08 Å². The molecule has 0 aliphatic carbocycles. The van der Waals surface area contributed by atoms with Crippen molar-refractivity contribution in [1.29, 1.82) is 0 Å². The number of carbonyl (C=O) groups excluding carboxylic acids is 1. The topological polar surface area (TPSA) is 54.5 Å². The van der Waals surface area contributed by atoms with Gasteiger partial charge in [0.15, 0.2) is 0 Å². The summed E-state index contributed by atoms with van der Waals surface area (Å²) in [4.78, 5) is 13.2. The Bertz CT molecular complexity index is 629. The Morgan fingerprint density at radius 1 is 1.50 bits per heavy atom. The van der Waals surface area contributed by atoms with Gasteiger partial charge < -0.3 is 4.90 Å². The lowest BCUT2D eigenvalue weighted by atomic mass is 10.1. The van der Waals surface area contributed by atoms with Crippen LogP contribution >= 0.6 is 10.7 Å². The minimum atomic E-state index is -4.02. The molecule has 0 saturated carbocycles. The highest BCUT2D eigenvalue weighted by Crippen LogP contribution is 2.20.